The second-order valence-corrected chi connectivity index (χ2v) is 4.62. The van der Waals surface area contributed by atoms with Gasteiger partial charge in [-0.1, -0.05) is 57.0 Å². The molecule has 0 heterocycles. The van der Waals surface area contributed by atoms with Gasteiger partial charge in [-0.05, 0) is 12.8 Å². The average Bonchev–Trinajstić information content (AvgIpc) is 2.34. The van der Waals surface area contributed by atoms with Crippen molar-refractivity contribution in [3.8, 4) is 0 Å². The van der Waals surface area contributed by atoms with Crippen LogP contribution in [0.2, 0.25) is 0 Å². The monoisotopic (exact) mass is 299 g/mol. The van der Waals surface area contributed by atoms with Crippen molar-refractivity contribution in [3.05, 3.63) is 35.9 Å². The lowest BCUT2D eigenvalue weighted by Crippen LogP contribution is -3.10. The van der Waals surface area contributed by atoms with E-state index in [-0.39, 0.29) is 17.0 Å². The smallest absolute Gasteiger partial charge is 0.103 e. The molecule has 0 atom stereocenters. The number of hydrogen-bond acceptors (Lipinski definition) is 0. The summed E-state index contributed by atoms with van der Waals surface area (Å²) in [7, 11) is 0. The molecule has 0 amide bonds. The van der Waals surface area contributed by atoms with Crippen LogP contribution in [0.5, 0.6) is 0 Å². The Kier molecular flexibility index (Phi) is 10.6. The largest absolute Gasteiger partial charge is 1.00 e. The first-order valence-electron chi connectivity index (χ1n) is 6.74. The Balaban J connectivity index is 0.00000256. The molecule has 98 valence electrons. The molecule has 0 aromatic heterocycles. The maximum Gasteiger partial charge on any atom is 0.103 e. The van der Waals surface area contributed by atoms with E-state index in [1.807, 2.05) is 0 Å². The lowest BCUT2D eigenvalue weighted by molar-refractivity contribution is -0.914. The van der Waals surface area contributed by atoms with E-state index >= 15 is 0 Å². The van der Waals surface area contributed by atoms with Gasteiger partial charge in [0.25, 0.3) is 0 Å². The lowest BCUT2D eigenvalue weighted by Gasteiger charge is -2.19. The molecular formula is C15H26BrN. The van der Waals surface area contributed by atoms with E-state index < -0.39 is 0 Å². The van der Waals surface area contributed by atoms with Gasteiger partial charge in [0, 0.05) is 5.56 Å². The van der Waals surface area contributed by atoms with E-state index in [9.17, 15) is 0 Å². The summed E-state index contributed by atoms with van der Waals surface area (Å²) in [6.07, 6.45) is 5.33. The zero-order valence-corrected chi connectivity index (χ0v) is 12.8. The number of benzene rings is 1. The second kappa shape index (κ2) is 10.8. The predicted molar refractivity (Wildman–Crippen MR) is 70.7 cm³/mol. The van der Waals surface area contributed by atoms with Crippen LogP contribution in [0.25, 0.3) is 0 Å². The summed E-state index contributed by atoms with van der Waals surface area (Å²) in [6.45, 7) is 8.40. The first-order valence-corrected chi connectivity index (χ1v) is 6.74. The Morgan fingerprint density at radius 2 is 1.41 bits per heavy atom. The molecule has 0 saturated heterocycles. The molecule has 0 aliphatic carbocycles. The molecule has 1 N–H and O–H groups in total. The number of rotatable bonds is 8. The maximum absolute atomic E-state index is 2.28. The van der Waals surface area contributed by atoms with Crippen molar-refractivity contribution in [1.82, 2.24) is 0 Å². The standard InChI is InChI=1S/C15H25N.BrH/c1-3-5-12-16(13-6-4-2)14-15-10-8-7-9-11-15;/h7-11H,3-6,12-14H2,1-2H3;1H. The number of halogens is 1. The normalized spacial score (nSPS) is 10.3. The van der Waals surface area contributed by atoms with Gasteiger partial charge in [0.05, 0.1) is 13.1 Å². The molecule has 1 aromatic rings. The Labute approximate surface area is 117 Å². The average molecular weight is 300 g/mol. The Morgan fingerprint density at radius 3 is 1.88 bits per heavy atom. The molecule has 1 nitrogen and oxygen atoms in total. The van der Waals surface area contributed by atoms with Crippen LogP contribution in [0, 0.1) is 0 Å². The van der Waals surface area contributed by atoms with Crippen LogP contribution in [-0.4, -0.2) is 13.1 Å². The summed E-state index contributed by atoms with van der Waals surface area (Å²) in [5.74, 6) is 0. The first kappa shape index (κ1) is 16.7. The molecule has 0 aliphatic rings. The van der Waals surface area contributed by atoms with Gasteiger partial charge in [0.15, 0.2) is 0 Å². The zero-order chi connectivity index (χ0) is 11.6. The Morgan fingerprint density at radius 1 is 0.882 bits per heavy atom. The van der Waals surface area contributed by atoms with Crippen molar-refractivity contribution in [2.45, 2.75) is 46.1 Å². The van der Waals surface area contributed by atoms with Crippen LogP contribution >= 0.6 is 0 Å². The highest BCUT2D eigenvalue weighted by molar-refractivity contribution is 5.13. The molecule has 0 aliphatic heterocycles. The number of nitrogens with one attached hydrogen (secondary N) is 1. The van der Waals surface area contributed by atoms with E-state index in [1.165, 1.54) is 50.9 Å². The summed E-state index contributed by atoms with van der Waals surface area (Å²) < 4.78 is 0. The third-order valence-corrected chi connectivity index (χ3v) is 3.06. The van der Waals surface area contributed by atoms with E-state index in [1.54, 1.807) is 4.90 Å². The zero-order valence-electron chi connectivity index (χ0n) is 11.2. The van der Waals surface area contributed by atoms with Crippen LogP contribution in [0.4, 0.5) is 0 Å². The molecule has 0 spiro atoms. The van der Waals surface area contributed by atoms with E-state index in [0.717, 1.165) is 0 Å². The fraction of sp³-hybridized carbons (Fsp3) is 0.600. The van der Waals surface area contributed by atoms with Crippen LogP contribution in [-0.2, 0) is 6.54 Å². The first-order chi connectivity index (χ1) is 7.86. The predicted octanol–water partition coefficient (Wildman–Crippen LogP) is -0.324. The molecule has 0 saturated carbocycles. The molecule has 17 heavy (non-hydrogen) atoms. The number of hydrogen-bond donors (Lipinski definition) is 1. The third kappa shape index (κ3) is 7.56. The van der Waals surface area contributed by atoms with Gasteiger partial charge < -0.3 is 21.9 Å². The molecular weight excluding hydrogens is 274 g/mol. The molecule has 0 radical (unpaired) electrons. The van der Waals surface area contributed by atoms with Crippen molar-refractivity contribution in [2.75, 3.05) is 13.1 Å². The fourth-order valence-electron chi connectivity index (χ4n) is 2.04. The second-order valence-electron chi connectivity index (χ2n) is 4.62. The van der Waals surface area contributed by atoms with Crippen LogP contribution in [0.1, 0.15) is 45.1 Å². The number of quaternary nitrogens is 1. The van der Waals surface area contributed by atoms with Gasteiger partial charge in [-0.3, -0.25) is 0 Å². The van der Waals surface area contributed by atoms with Gasteiger partial charge in [0.1, 0.15) is 6.54 Å². The maximum atomic E-state index is 2.28. The van der Waals surface area contributed by atoms with Crippen molar-refractivity contribution < 1.29 is 21.9 Å². The van der Waals surface area contributed by atoms with Gasteiger partial charge >= 0.3 is 0 Å². The lowest BCUT2D eigenvalue weighted by atomic mass is 10.2. The molecule has 1 rings (SSSR count). The van der Waals surface area contributed by atoms with E-state index in [2.05, 4.69) is 44.2 Å². The topological polar surface area (TPSA) is 4.44 Å². The van der Waals surface area contributed by atoms with Crippen LogP contribution in [0.3, 0.4) is 0 Å². The Bertz CT molecular complexity index is 253. The van der Waals surface area contributed by atoms with E-state index in [4.69, 9.17) is 0 Å². The highest BCUT2D eigenvalue weighted by Gasteiger charge is 2.07. The van der Waals surface area contributed by atoms with Gasteiger partial charge in [0.2, 0.25) is 0 Å². The highest BCUT2D eigenvalue weighted by atomic mass is 79.9. The van der Waals surface area contributed by atoms with Gasteiger partial charge in [-0.25, -0.2) is 0 Å². The summed E-state index contributed by atoms with van der Waals surface area (Å²) in [4.78, 5) is 1.75. The van der Waals surface area contributed by atoms with Crippen molar-refractivity contribution >= 4 is 0 Å². The van der Waals surface area contributed by atoms with Crippen molar-refractivity contribution in [2.24, 2.45) is 0 Å². The minimum absolute atomic E-state index is 0. The van der Waals surface area contributed by atoms with Crippen LogP contribution in [0.15, 0.2) is 30.3 Å². The molecule has 2 heteroatoms. The summed E-state index contributed by atoms with van der Waals surface area (Å²) >= 11 is 0. The SMILES string of the molecule is CCCC[NH+](CCCC)Cc1ccccc1.[Br-]. The third-order valence-electron chi connectivity index (χ3n) is 3.06. The Hall–Kier alpha value is -0.340. The summed E-state index contributed by atoms with van der Waals surface area (Å²) in [5, 5.41) is 0. The summed E-state index contributed by atoms with van der Waals surface area (Å²) in [6, 6.07) is 10.9. The minimum atomic E-state index is 0. The fourth-order valence-corrected chi connectivity index (χ4v) is 2.04. The molecule has 0 bridgehead atoms. The van der Waals surface area contributed by atoms with Gasteiger partial charge in [-0.15, -0.1) is 0 Å². The summed E-state index contributed by atoms with van der Waals surface area (Å²) in [5.41, 5.74) is 1.48. The van der Waals surface area contributed by atoms with E-state index in [0.29, 0.717) is 0 Å². The molecule has 0 unspecified atom stereocenters. The molecule has 0 fully saturated rings. The van der Waals surface area contributed by atoms with Crippen molar-refractivity contribution in [3.63, 3.8) is 0 Å². The van der Waals surface area contributed by atoms with Crippen LogP contribution < -0.4 is 21.9 Å². The number of unbranched alkanes of at least 4 members (excludes halogenated alkanes) is 2. The molecule has 1 aromatic carbocycles. The highest BCUT2D eigenvalue weighted by Crippen LogP contribution is 1.96. The van der Waals surface area contributed by atoms with Gasteiger partial charge in [-0.2, -0.15) is 0 Å². The minimum Gasteiger partial charge on any atom is -1.00 e. The van der Waals surface area contributed by atoms with Crippen molar-refractivity contribution in [1.29, 1.82) is 0 Å². The quantitative estimate of drug-likeness (QED) is 0.671.